The van der Waals surface area contributed by atoms with E-state index in [-0.39, 0.29) is 24.0 Å². The predicted molar refractivity (Wildman–Crippen MR) is 129 cm³/mol. The molecular formula is C25H33N5O3S. The minimum atomic E-state index is -0.381. The number of thiophene rings is 1. The molecule has 5 aliphatic carbocycles. The Morgan fingerprint density at radius 3 is 2.56 bits per heavy atom. The van der Waals surface area contributed by atoms with Gasteiger partial charge in [-0.2, -0.15) is 0 Å². The van der Waals surface area contributed by atoms with Crippen LogP contribution in [0.15, 0.2) is 6.20 Å². The first-order valence-electron chi connectivity index (χ1n) is 12.7. The third kappa shape index (κ3) is 4.17. The third-order valence-corrected chi connectivity index (χ3v) is 9.60. The number of esters is 1. The van der Waals surface area contributed by atoms with E-state index in [2.05, 4.69) is 20.9 Å². The highest BCUT2D eigenvalue weighted by Gasteiger charge is 2.50. The summed E-state index contributed by atoms with van der Waals surface area (Å²) in [6, 6.07) is 0. The van der Waals surface area contributed by atoms with Crippen LogP contribution >= 0.6 is 11.3 Å². The van der Waals surface area contributed by atoms with E-state index in [9.17, 15) is 9.59 Å². The molecular weight excluding hydrogens is 450 g/mol. The normalized spacial score (nSPS) is 29.1. The van der Waals surface area contributed by atoms with Crippen LogP contribution in [0.5, 0.6) is 0 Å². The summed E-state index contributed by atoms with van der Waals surface area (Å²) in [5.74, 6) is 2.10. The number of amides is 1. The molecule has 182 valence electrons. The fourth-order valence-corrected chi connectivity index (χ4v) is 8.68. The highest BCUT2D eigenvalue weighted by atomic mass is 32.1. The van der Waals surface area contributed by atoms with Gasteiger partial charge in [0.1, 0.15) is 11.5 Å². The Balaban J connectivity index is 1.08. The van der Waals surface area contributed by atoms with E-state index < -0.39 is 0 Å². The molecule has 0 aliphatic heterocycles. The van der Waals surface area contributed by atoms with Gasteiger partial charge >= 0.3 is 5.97 Å². The lowest BCUT2D eigenvalue weighted by Gasteiger charge is -2.57. The van der Waals surface area contributed by atoms with Gasteiger partial charge in [-0.25, -0.2) is 9.48 Å². The van der Waals surface area contributed by atoms with E-state index in [0.717, 1.165) is 54.7 Å². The number of hydrogen-bond acceptors (Lipinski definition) is 7. The molecule has 4 saturated carbocycles. The number of carbonyl (C=O) groups is 2. The number of aromatic nitrogens is 3. The second-order valence-electron chi connectivity index (χ2n) is 10.9. The summed E-state index contributed by atoms with van der Waals surface area (Å²) in [6.45, 7) is 0.755. The molecule has 0 radical (unpaired) electrons. The zero-order chi connectivity index (χ0) is 23.3. The monoisotopic (exact) mass is 483 g/mol. The van der Waals surface area contributed by atoms with Crippen LogP contribution in [0.25, 0.3) is 0 Å². The van der Waals surface area contributed by atoms with Crippen molar-refractivity contribution < 1.29 is 14.3 Å². The summed E-state index contributed by atoms with van der Waals surface area (Å²) in [7, 11) is 1.38. The number of ether oxygens (including phenoxy) is 1. The van der Waals surface area contributed by atoms with Crippen LogP contribution in [-0.2, 0) is 35.5 Å². The average molecular weight is 484 g/mol. The van der Waals surface area contributed by atoms with Gasteiger partial charge in [0, 0.05) is 17.0 Å². The number of fused-ring (bicyclic) bond motifs is 1. The van der Waals surface area contributed by atoms with E-state index in [1.54, 1.807) is 4.68 Å². The SMILES string of the molecule is COC(=O)c1c(NC(=O)Cn2cc(CNC34CC5CC(CC(C5)C3)C4)nn2)sc2c1CCCC2. The topological polar surface area (TPSA) is 98.1 Å². The van der Waals surface area contributed by atoms with Crippen molar-refractivity contribution in [3.8, 4) is 0 Å². The molecule has 9 heteroatoms. The molecule has 7 rings (SSSR count). The van der Waals surface area contributed by atoms with Crippen LogP contribution in [0.1, 0.15) is 77.9 Å². The molecule has 2 aromatic rings. The van der Waals surface area contributed by atoms with Crippen molar-refractivity contribution in [1.82, 2.24) is 20.3 Å². The number of nitrogens with one attached hydrogen (secondary N) is 2. The zero-order valence-electron chi connectivity index (χ0n) is 19.8. The number of carbonyl (C=O) groups excluding carboxylic acids is 2. The fourth-order valence-electron chi connectivity index (χ4n) is 7.39. The smallest absolute Gasteiger partial charge is 0.341 e. The summed E-state index contributed by atoms with van der Waals surface area (Å²) in [5, 5.41) is 15.8. The number of rotatable bonds is 7. The van der Waals surface area contributed by atoms with E-state index >= 15 is 0 Å². The maximum atomic E-state index is 12.8. The van der Waals surface area contributed by atoms with Crippen LogP contribution in [0, 0.1) is 17.8 Å². The van der Waals surface area contributed by atoms with Crippen LogP contribution in [-0.4, -0.2) is 39.5 Å². The van der Waals surface area contributed by atoms with Gasteiger partial charge in [-0.05, 0) is 87.5 Å². The third-order valence-electron chi connectivity index (χ3n) is 8.39. The van der Waals surface area contributed by atoms with Crippen molar-refractivity contribution in [2.24, 2.45) is 17.8 Å². The Morgan fingerprint density at radius 2 is 1.85 bits per heavy atom. The van der Waals surface area contributed by atoms with Crippen molar-refractivity contribution in [3.05, 3.63) is 27.9 Å². The lowest BCUT2D eigenvalue weighted by atomic mass is 9.53. The van der Waals surface area contributed by atoms with Crippen LogP contribution in [0.4, 0.5) is 5.00 Å². The number of hydrogen-bond donors (Lipinski definition) is 2. The molecule has 0 atom stereocenters. The number of aryl methyl sites for hydroxylation is 1. The first kappa shape index (κ1) is 22.2. The van der Waals surface area contributed by atoms with Crippen molar-refractivity contribution in [2.45, 2.75) is 82.8 Å². The summed E-state index contributed by atoms with van der Waals surface area (Å²) in [6.07, 6.45) is 14.0. The highest BCUT2D eigenvalue weighted by molar-refractivity contribution is 7.17. The van der Waals surface area contributed by atoms with Crippen molar-refractivity contribution in [2.75, 3.05) is 12.4 Å². The largest absolute Gasteiger partial charge is 0.465 e. The van der Waals surface area contributed by atoms with Gasteiger partial charge in [-0.3, -0.25) is 4.79 Å². The molecule has 2 aromatic heterocycles. The van der Waals surface area contributed by atoms with E-state index in [4.69, 9.17) is 4.74 Å². The molecule has 5 aliphatic rings. The van der Waals surface area contributed by atoms with Crippen LogP contribution in [0.3, 0.4) is 0 Å². The second kappa shape index (κ2) is 8.75. The number of anilines is 1. The molecule has 4 bridgehead atoms. The summed E-state index contributed by atoms with van der Waals surface area (Å²) in [4.78, 5) is 26.4. The molecule has 0 unspecified atom stereocenters. The van der Waals surface area contributed by atoms with Gasteiger partial charge in [0.15, 0.2) is 0 Å². The maximum Gasteiger partial charge on any atom is 0.341 e. The minimum Gasteiger partial charge on any atom is -0.465 e. The number of nitrogens with zero attached hydrogens (tertiary/aromatic N) is 3. The molecule has 2 N–H and O–H groups in total. The van der Waals surface area contributed by atoms with E-state index in [0.29, 0.717) is 17.1 Å². The summed E-state index contributed by atoms with van der Waals surface area (Å²) >= 11 is 1.50. The molecule has 34 heavy (non-hydrogen) atoms. The lowest BCUT2D eigenvalue weighted by Crippen LogP contribution is -2.58. The molecule has 0 saturated heterocycles. The van der Waals surface area contributed by atoms with Gasteiger partial charge in [-0.15, -0.1) is 16.4 Å². The minimum absolute atomic E-state index is 0.0630. The van der Waals surface area contributed by atoms with Gasteiger partial charge in [-0.1, -0.05) is 5.21 Å². The van der Waals surface area contributed by atoms with Crippen molar-refractivity contribution in [1.29, 1.82) is 0 Å². The maximum absolute atomic E-state index is 12.8. The fraction of sp³-hybridized carbons (Fsp3) is 0.680. The Morgan fingerprint density at radius 1 is 1.15 bits per heavy atom. The second-order valence-corrected chi connectivity index (χ2v) is 12.0. The van der Waals surface area contributed by atoms with E-state index in [1.807, 2.05) is 6.20 Å². The predicted octanol–water partition coefficient (Wildman–Crippen LogP) is 3.70. The lowest BCUT2D eigenvalue weighted by molar-refractivity contribution is -0.116. The molecule has 8 nitrogen and oxygen atoms in total. The van der Waals surface area contributed by atoms with Crippen molar-refractivity contribution in [3.63, 3.8) is 0 Å². The molecule has 2 heterocycles. The van der Waals surface area contributed by atoms with Gasteiger partial charge in [0.2, 0.25) is 5.91 Å². The van der Waals surface area contributed by atoms with Crippen LogP contribution in [0.2, 0.25) is 0 Å². The molecule has 1 amide bonds. The Bertz CT molecular complexity index is 1070. The highest BCUT2D eigenvalue weighted by Crippen LogP contribution is 2.55. The molecule has 0 aromatic carbocycles. The number of methoxy groups -OCH3 is 1. The zero-order valence-corrected chi connectivity index (χ0v) is 20.6. The first-order valence-corrected chi connectivity index (χ1v) is 13.5. The van der Waals surface area contributed by atoms with Crippen molar-refractivity contribution >= 4 is 28.2 Å². The molecule has 4 fully saturated rings. The Labute approximate surface area is 203 Å². The average Bonchev–Trinajstić information content (AvgIpc) is 3.40. The standard InChI is InChI=1S/C25H33N5O3S/c1-33-24(32)22-19-4-2-3-5-20(19)34-23(22)27-21(31)14-30-13-18(28-29-30)12-26-25-9-15-6-16(10-25)8-17(7-15)11-25/h13,15-17,26H,2-12,14H2,1H3,(H,27,31). The Kier molecular flexibility index (Phi) is 5.72. The summed E-state index contributed by atoms with van der Waals surface area (Å²) in [5.41, 5.74) is 2.70. The van der Waals surface area contributed by atoms with Gasteiger partial charge in [0.25, 0.3) is 0 Å². The van der Waals surface area contributed by atoms with E-state index in [1.165, 1.54) is 61.8 Å². The van der Waals surface area contributed by atoms with Gasteiger partial charge < -0.3 is 15.4 Å². The first-order chi connectivity index (χ1) is 16.5. The molecule has 0 spiro atoms. The van der Waals surface area contributed by atoms with Crippen LogP contribution < -0.4 is 10.6 Å². The Hall–Kier alpha value is -2.26. The van der Waals surface area contributed by atoms with Gasteiger partial charge in [0.05, 0.1) is 24.6 Å². The quantitative estimate of drug-likeness (QED) is 0.583. The summed E-state index contributed by atoms with van der Waals surface area (Å²) < 4.78 is 6.58.